The first kappa shape index (κ1) is 34.2. The van der Waals surface area contributed by atoms with Gasteiger partial charge in [-0.3, -0.25) is 15.2 Å². The van der Waals surface area contributed by atoms with Gasteiger partial charge in [0.05, 0.1) is 6.04 Å². The third kappa shape index (κ3) is 22.7. The van der Waals surface area contributed by atoms with Crippen molar-refractivity contribution in [3.05, 3.63) is 0 Å². The predicted molar refractivity (Wildman–Crippen MR) is 150 cm³/mol. The standard InChI is InChI=1S/C26H55N2O4PS/c1-22(25(28-33)26(32)34)18-16-17-21-27-23(29)19-14-12-10-8-6-4-2-3-5-7-9-11-13-15-20-24(30)31/h22-25,27-31H,2-21,33H2,1H3,(H,32,34). The third-order valence-corrected chi connectivity index (χ3v) is 7.31. The van der Waals surface area contributed by atoms with Crippen LogP contribution in [0, 0.1) is 5.92 Å². The quantitative estimate of drug-likeness (QED) is 0.0391. The molecule has 0 radical (unpaired) electrons. The molecule has 0 aliphatic carbocycles. The predicted octanol–water partition coefficient (Wildman–Crippen LogP) is 5.46. The zero-order chi connectivity index (χ0) is 25.4. The lowest BCUT2D eigenvalue weighted by atomic mass is 9.97. The highest BCUT2D eigenvalue weighted by Gasteiger charge is 2.20. The van der Waals surface area contributed by atoms with E-state index in [1.54, 1.807) is 0 Å². The molecule has 0 aliphatic heterocycles. The number of aliphatic hydroxyl groups excluding tert-OH is 2. The van der Waals surface area contributed by atoms with Crippen LogP contribution in [0.3, 0.4) is 0 Å². The molecule has 0 bridgehead atoms. The van der Waals surface area contributed by atoms with Crippen LogP contribution < -0.4 is 10.4 Å². The van der Waals surface area contributed by atoms with Crippen LogP contribution >= 0.6 is 22.0 Å². The first-order valence-corrected chi connectivity index (χ1v) is 14.9. The molecule has 0 aliphatic rings. The molecule has 0 amide bonds. The van der Waals surface area contributed by atoms with E-state index in [9.17, 15) is 9.90 Å². The lowest BCUT2D eigenvalue weighted by Gasteiger charge is -2.20. The van der Waals surface area contributed by atoms with Crippen LogP contribution in [0.2, 0.25) is 0 Å². The minimum absolute atomic E-state index is 0.118. The molecular formula is C26H55N2O4PS. The van der Waals surface area contributed by atoms with Gasteiger partial charge in [0.25, 0.3) is 0 Å². The average molecular weight is 523 g/mol. The fourth-order valence-corrected chi connectivity index (χ4v) is 5.34. The normalized spacial score (nSPS) is 14.4. The maximum absolute atomic E-state index is 11.4. The molecule has 5 N–H and O–H groups in total. The maximum Gasteiger partial charge on any atom is 0.203 e. The van der Waals surface area contributed by atoms with Crippen LogP contribution in [0.25, 0.3) is 0 Å². The number of hydrogen-bond donors (Lipinski definition) is 6. The summed E-state index contributed by atoms with van der Waals surface area (Å²) in [5.74, 6) is 0.253. The Labute approximate surface area is 217 Å². The lowest BCUT2D eigenvalue weighted by molar-refractivity contribution is -0.113. The van der Waals surface area contributed by atoms with Crippen LogP contribution in [0.5, 0.6) is 0 Å². The van der Waals surface area contributed by atoms with E-state index < -0.39 is 12.5 Å². The minimum Gasteiger partial charge on any atom is -0.379 e. The number of carbonyl (C=O) groups excluding carboxylic acids is 1. The van der Waals surface area contributed by atoms with Gasteiger partial charge in [-0.15, -0.1) is 12.6 Å². The lowest BCUT2D eigenvalue weighted by Crippen LogP contribution is -2.34. The largest absolute Gasteiger partial charge is 0.379 e. The summed E-state index contributed by atoms with van der Waals surface area (Å²) >= 11 is 3.93. The van der Waals surface area contributed by atoms with Gasteiger partial charge in [0, 0.05) is 0 Å². The molecular weight excluding hydrogens is 467 g/mol. The van der Waals surface area contributed by atoms with Gasteiger partial charge < -0.3 is 15.3 Å². The second-order valence-electron chi connectivity index (χ2n) is 9.93. The molecule has 4 atom stereocenters. The molecule has 0 aromatic carbocycles. The van der Waals surface area contributed by atoms with Crippen LogP contribution in [0.4, 0.5) is 0 Å². The first-order chi connectivity index (χ1) is 16.4. The topological polar surface area (TPSA) is 102 Å². The number of unbranched alkanes of at least 4 members (excludes halogenated alkanes) is 14. The molecule has 6 nitrogen and oxygen atoms in total. The monoisotopic (exact) mass is 522 g/mol. The Balaban J connectivity index is 3.32. The summed E-state index contributed by atoms with van der Waals surface area (Å²) in [6, 6.07) is -0.215. The molecule has 0 saturated heterocycles. The Hall–Kier alpha value is 0.250. The second-order valence-corrected chi connectivity index (χ2v) is 10.7. The van der Waals surface area contributed by atoms with Crippen molar-refractivity contribution in [3.63, 3.8) is 0 Å². The highest BCUT2D eigenvalue weighted by molar-refractivity contribution is 7.96. The van der Waals surface area contributed by atoms with Gasteiger partial charge >= 0.3 is 0 Å². The van der Waals surface area contributed by atoms with Crippen LogP contribution in [-0.4, -0.2) is 45.5 Å². The Bertz CT molecular complexity index is 461. The van der Waals surface area contributed by atoms with Gasteiger partial charge in [-0.25, -0.2) is 0 Å². The summed E-state index contributed by atoms with van der Waals surface area (Å²) in [6.07, 6.45) is 20.2. The van der Waals surface area contributed by atoms with E-state index in [1.165, 1.54) is 70.6 Å². The maximum atomic E-state index is 11.4. The van der Waals surface area contributed by atoms with Crippen molar-refractivity contribution >= 4 is 27.1 Å². The molecule has 0 fully saturated rings. The third-order valence-electron chi connectivity index (χ3n) is 6.67. The fraction of sp³-hybridized carbons (Fsp3) is 0.962. The molecule has 34 heavy (non-hydrogen) atoms. The Morgan fingerprint density at radius 1 is 0.706 bits per heavy atom. The smallest absolute Gasteiger partial charge is 0.203 e. The molecule has 0 rings (SSSR count). The van der Waals surface area contributed by atoms with Gasteiger partial charge in [0.15, 0.2) is 6.29 Å². The number of rotatable bonds is 26. The molecule has 0 aromatic heterocycles. The summed E-state index contributed by atoms with van der Waals surface area (Å²) in [6.45, 7) is 2.88. The second kappa shape index (κ2) is 24.9. The summed E-state index contributed by atoms with van der Waals surface area (Å²) in [5.41, 5.74) is 0. The van der Waals surface area contributed by atoms with E-state index in [2.05, 4.69) is 39.3 Å². The van der Waals surface area contributed by atoms with E-state index in [1.807, 2.05) is 0 Å². The first-order valence-electron chi connectivity index (χ1n) is 13.8. The van der Waals surface area contributed by atoms with Crippen molar-refractivity contribution in [2.45, 2.75) is 147 Å². The number of thiol groups is 1. The molecule has 4 unspecified atom stereocenters. The van der Waals surface area contributed by atoms with Crippen LogP contribution in [0.15, 0.2) is 0 Å². The summed E-state index contributed by atoms with van der Waals surface area (Å²) in [5, 5.41) is 33.7. The van der Waals surface area contributed by atoms with Crippen molar-refractivity contribution < 1.29 is 20.1 Å². The van der Waals surface area contributed by atoms with Gasteiger partial charge in [-0.05, 0) is 51.0 Å². The highest BCUT2D eigenvalue weighted by atomic mass is 32.1. The van der Waals surface area contributed by atoms with E-state index >= 15 is 0 Å². The molecule has 204 valence electrons. The van der Waals surface area contributed by atoms with Crippen LogP contribution in [-0.2, 0) is 4.79 Å². The van der Waals surface area contributed by atoms with Gasteiger partial charge in [-0.2, -0.15) is 0 Å². The number of aliphatic hydroxyl groups is 3. The SMILES string of the molecule is CC(CCCCNC(O)CCCCCCCCCCCCCCCCC(O)O)C(NP)C(=O)S. The summed E-state index contributed by atoms with van der Waals surface area (Å²) in [7, 11) is 2.40. The number of carbonyl (C=O) groups is 1. The summed E-state index contributed by atoms with van der Waals surface area (Å²) in [4.78, 5) is 11.4. The number of hydrogen-bond acceptors (Lipinski definition) is 6. The van der Waals surface area contributed by atoms with Gasteiger partial charge in [0.1, 0.15) is 6.23 Å². The van der Waals surface area contributed by atoms with E-state index in [0.717, 1.165) is 51.5 Å². The average Bonchev–Trinajstić information content (AvgIpc) is 2.78. The highest BCUT2D eigenvalue weighted by Crippen LogP contribution is 2.16. The zero-order valence-electron chi connectivity index (χ0n) is 21.7. The van der Waals surface area contributed by atoms with Gasteiger partial charge in [-0.1, -0.05) is 99.8 Å². The zero-order valence-corrected chi connectivity index (χ0v) is 23.8. The molecule has 0 heterocycles. The van der Waals surface area contributed by atoms with Crippen molar-refractivity contribution in [2.24, 2.45) is 5.92 Å². The van der Waals surface area contributed by atoms with Crippen molar-refractivity contribution in [3.8, 4) is 0 Å². The van der Waals surface area contributed by atoms with Crippen LogP contribution in [0.1, 0.15) is 129 Å². The summed E-state index contributed by atoms with van der Waals surface area (Å²) < 4.78 is 0. The Morgan fingerprint density at radius 2 is 1.12 bits per heavy atom. The molecule has 0 aromatic rings. The van der Waals surface area contributed by atoms with Crippen molar-refractivity contribution in [1.82, 2.24) is 10.4 Å². The molecule has 8 heteroatoms. The fourth-order valence-electron chi connectivity index (χ4n) is 4.39. The van der Waals surface area contributed by atoms with E-state index in [4.69, 9.17) is 10.2 Å². The Morgan fingerprint density at radius 3 is 1.53 bits per heavy atom. The molecule has 0 spiro atoms. The van der Waals surface area contributed by atoms with Crippen molar-refractivity contribution in [2.75, 3.05) is 6.54 Å². The minimum atomic E-state index is -1.13. The number of nitrogens with one attached hydrogen (secondary N) is 2. The van der Waals surface area contributed by atoms with Crippen molar-refractivity contribution in [1.29, 1.82) is 0 Å². The van der Waals surface area contributed by atoms with E-state index in [-0.39, 0.29) is 17.1 Å². The van der Waals surface area contributed by atoms with E-state index in [0.29, 0.717) is 6.42 Å². The Kier molecular flexibility index (Phi) is 25.1. The van der Waals surface area contributed by atoms with Gasteiger partial charge in [0.2, 0.25) is 5.12 Å². The molecule has 0 saturated carbocycles.